The zero-order valence-electron chi connectivity index (χ0n) is 18.4. The first-order chi connectivity index (χ1) is 15.4. The number of benzene rings is 2. The number of hydrogen-bond acceptors (Lipinski definition) is 6. The van der Waals surface area contributed by atoms with Gasteiger partial charge in [-0.3, -0.25) is 0 Å². The normalized spacial score (nSPS) is 12.8. The minimum atomic E-state index is -3.98. The van der Waals surface area contributed by atoms with Crippen molar-refractivity contribution in [3.63, 3.8) is 0 Å². The molecule has 0 saturated carbocycles. The van der Waals surface area contributed by atoms with Crippen LogP contribution in [-0.4, -0.2) is 20.4 Å². The maximum Gasteiger partial charge on any atom is 0.355 e. The summed E-state index contributed by atoms with van der Waals surface area (Å²) in [4.78, 5) is 24.9. The van der Waals surface area contributed by atoms with Crippen LogP contribution in [0.4, 0.5) is 0 Å². The lowest BCUT2D eigenvalue weighted by Gasteiger charge is -2.20. The second kappa shape index (κ2) is 9.85. The Bertz CT molecular complexity index is 1360. The van der Waals surface area contributed by atoms with Gasteiger partial charge >= 0.3 is 11.6 Å². The van der Waals surface area contributed by atoms with Gasteiger partial charge in [-0.2, -0.15) is 4.72 Å². The molecule has 0 saturated heterocycles. The van der Waals surface area contributed by atoms with Gasteiger partial charge < -0.3 is 9.15 Å². The van der Waals surface area contributed by atoms with Crippen molar-refractivity contribution in [2.75, 3.05) is 0 Å². The van der Waals surface area contributed by atoms with Gasteiger partial charge in [-0.25, -0.2) is 18.0 Å². The van der Waals surface area contributed by atoms with Crippen molar-refractivity contribution in [3.8, 4) is 5.75 Å². The van der Waals surface area contributed by atoms with E-state index in [1.54, 1.807) is 19.1 Å². The van der Waals surface area contributed by atoms with E-state index in [0.29, 0.717) is 10.9 Å². The number of hydrogen-bond donors (Lipinski definition) is 1. The third-order valence-electron chi connectivity index (χ3n) is 4.98. The number of nitrogens with one attached hydrogen (secondary N) is 1. The zero-order valence-corrected chi connectivity index (χ0v) is 20.8. The monoisotopic (exact) mass is 511 g/mol. The standard InChI is InChI=1S/C23H23Cl2NO6S/c1-12(2)9-18(26-33(29,30)15-7-5-13(3)6-8-15)22(27)32-20-11-19-16(10-17(20)24)14(4)21(25)23(28)31-19/h5-8,10-12,18,26H,9H2,1-4H3. The first-order valence-corrected chi connectivity index (χ1v) is 12.4. The maximum atomic E-state index is 13.0. The van der Waals surface area contributed by atoms with Crippen molar-refractivity contribution in [2.45, 2.75) is 45.1 Å². The molecular formula is C23H23Cl2NO6S. The van der Waals surface area contributed by atoms with Crippen LogP contribution in [0.1, 0.15) is 31.4 Å². The van der Waals surface area contributed by atoms with E-state index in [1.165, 1.54) is 24.3 Å². The molecule has 33 heavy (non-hydrogen) atoms. The number of ether oxygens (including phenoxy) is 1. The number of halogens is 2. The Morgan fingerprint density at radius 1 is 1.12 bits per heavy atom. The van der Waals surface area contributed by atoms with E-state index in [2.05, 4.69) is 4.72 Å². The van der Waals surface area contributed by atoms with Gasteiger partial charge in [-0.1, -0.05) is 54.7 Å². The Kier molecular flexibility index (Phi) is 7.53. The minimum absolute atomic E-state index is 0.0156. The van der Waals surface area contributed by atoms with Crippen LogP contribution < -0.4 is 15.1 Å². The molecule has 0 spiro atoms. The molecule has 1 atom stereocenters. The fraction of sp³-hybridized carbons (Fsp3) is 0.304. The fourth-order valence-corrected chi connectivity index (χ4v) is 4.76. The molecule has 1 unspecified atom stereocenters. The van der Waals surface area contributed by atoms with E-state index in [9.17, 15) is 18.0 Å². The van der Waals surface area contributed by atoms with E-state index in [-0.39, 0.29) is 38.6 Å². The first kappa shape index (κ1) is 25.2. The molecule has 1 aromatic heterocycles. The summed E-state index contributed by atoms with van der Waals surface area (Å²) in [5.41, 5.74) is 0.784. The summed E-state index contributed by atoms with van der Waals surface area (Å²) in [7, 11) is -3.98. The van der Waals surface area contributed by atoms with Crippen molar-refractivity contribution in [1.29, 1.82) is 0 Å². The predicted octanol–water partition coefficient (Wildman–Crippen LogP) is 5.02. The van der Waals surface area contributed by atoms with Crippen LogP contribution in [0.25, 0.3) is 11.0 Å². The summed E-state index contributed by atoms with van der Waals surface area (Å²) in [5.74, 6) is -0.922. The molecule has 0 aliphatic heterocycles. The Morgan fingerprint density at radius 3 is 2.36 bits per heavy atom. The number of carbonyl (C=O) groups is 1. The molecule has 176 valence electrons. The van der Waals surface area contributed by atoms with E-state index in [0.717, 1.165) is 5.56 Å². The molecule has 10 heteroatoms. The van der Waals surface area contributed by atoms with Gasteiger partial charge in [0.05, 0.1) is 9.92 Å². The molecule has 0 aliphatic carbocycles. The molecular weight excluding hydrogens is 489 g/mol. The lowest BCUT2D eigenvalue weighted by atomic mass is 10.0. The van der Waals surface area contributed by atoms with Crippen LogP contribution in [0.2, 0.25) is 10.0 Å². The molecule has 0 radical (unpaired) electrons. The lowest BCUT2D eigenvalue weighted by molar-refractivity contribution is -0.136. The van der Waals surface area contributed by atoms with Gasteiger partial charge in [0.25, 0.3) is 0 Å². The fourth-order valence-electron chi connectivity index (χ4n) is 3.22. The Labute approximate surface area is 201 Å². The molecule has 3 rings (SSSR count). The predicted molar refractivity (Wildman–Crippen MR) is 128 cm³/mol. The first-order valence-electron chi connectivity index (χ1n) is 10.1. The van der Waals surface area contributed by atoms with Gasteiger partial charge in [-0.15, -0.1) is 0 Å². The molecule has 2 aromatic carbocycles. The smallest absolute Gasteiger partial charge is 0.355 e. The summed E-state index contributed by atoms with van der Waals surface area (Å²) in [5, 5.41) is 0.502. The van der Waals surface area contributed by atoms with E-state index in [4.69, 9.17) is 32.4 Å². The Balaban J connectivity index is 1.92. The number of sulfonamides is 1. The van der Waals surface area contributed by atoms with Gasteiger partial charge in [0.2, 0.25) is 10.0 Å². The van der Waals surface area contributed by atoms with Crippen molar-refractivity contribution in [2.24, 2.45) is 5.92 Å². The highest BCUT2D eigenvalue weighted by Gasteiger charge is 2.29. The molecule has 1 N–H and O–H groups in total. The minimum Gasteiger partial charge on any atom is -0.424 e. The van der Waals surface area contributed by atoms with Crippen molar-refractivity contribution in [1.82, 2.24) is 4.72 Å². The lowest BCUT2D eigenvalue weighted by Crippen LogP contribution is -2.43. The van der Waals surface area contributed by atoms with E-state index >= 15 is 0 Å². The number of aryl methyl sites for hydroxylation is 2. The van der Waals surface area contributed by atoms with Crippen molar-refractivity contribution in [3.05, 3.63) is 68.0 Å². The van der Waals surface area contributed by atoms with Gasteiger partial charge in [0, 0.05) is 11.5 Å². The van der Waals surface area contributed by atoms with Crippen molar-refractivity contribution >= 4 is 50.2 Å². The quantitative estimate of drug-likeness (QED) is 0.271. The molecule has 0 fully saturated rings. The summed E-state index contributed by atoms with van der Waals surface area (Å²) in [6.45, 7) is 7.19. The largest absolute Gasteiger partial charge is 0.424 e. The van der Waals surface area contributed by atoms with E-state index in [1.807, 2.05) is 20.8 Å². The van der Waals surface area contributed by atoms with E-state index < -0.39 is 27.7 Å². The van der Waals surface area contributed by atoms with Crippen LogP contribution in [-0.2, 0) is 14.8 Å². The second-order valence-electron chi connectivity index (χ2n) is 8.14. The summed E-state index contributed by atoms with van der Waals surface area (Å²) < 4.78 is 38.7. The maximum absolute atomic E-state index is 13.0. The molecule has 7 nitrogen and oxygen atoms in total. The SMILES string of the molecule is Cc1ccc(S(=O)(=O)NC(CC(C)C)C(=O)Oc2cc3oc(=O)c(Cl)c(C)c3cc2Cl)cc1. The van der Waals surface area contributed by atoms with Crippen LogP contribution in [0.3, 0.4) is 0 Å². The number of fused-ring (bicyclic) bond motifs is 1. The summed E-state index contributed by atoms with van der Waals surface area (Å²) >= 11 is 12.2. The molecule has 0 bridgehead atoms. The van der Waals surface area contributed by atoms with Crippen molar-refractivity contribution < 1.29 is 22.4 Å². The van der Waals surface area contributed by atoms with Gasteiger partial charge in [0.1, 0.15) is 16.6 Å². The highest BCUT2D eigenvalue weighted by atomic mass is 35.5. The van der Waals surface area contributed by atoms with Crippen LogP contribution in [0.15, 0.2) is 50.5 Å². The second-order valence-corrected chi connectivity index (χ2v) is 10.6. The topological polar surface area (TPSA) is 103 Å². The Hall–Kier alpha value is -2.39. The number of rotatable bonds is 7. The van der Waals surface area contributed by atoms with Gasteiger partial charge in [-0.05, 0) is 49.9 Å². The summed E-state index contributed by atoms with van der Waals surface area (Å²) in [6, 6.07) is 7.87. The molecule has 1 heterocycles. The number of esters is 1. The number of carbonyl (C=O) groups excluding carboxylic acids is 1. The molecule has 0 aliphatic rings. The van der Waals surface area contributed by atoms with Crippen LogP contribution in [0.5, 0.6) is 5.75 Å². The molecule has 0 amide bonds. The van der Waals surface area contributed by atoms with Crippen LogP contribution >= 0.6 is 23.2 Å². The zero-order chi connectivity index (χ0) is 24.5. The average molecular weight is 512 g/mol. The third-order valence-corrected chi connectivity index (χ3v) is 7.20. The molecule has 3 aromatic rings. The van der Waals surface area contributed by atoms with Gasteiger partial charge in [0.15, 0.2) is 5.75 Å². The van der Waals surface area contributed by atoms with Crippen LogP contribution in [0, 0.1) is 19.8 Å². The Morgan fingerprint density at radius 2 is 1.76 bits per heavy atom. The highest BCUT2D eigenvalue weighted by Crippen LogP contribution is 2.33. The highest BCUT2D eigenvalue weighted by molar-refractivity contribution is 7.89. The summed E-state index contributed by atoms with van der Waals surface area (Å²) in [6.07, 6.45) is 0.193. The third kappa shape index (κ3) is 5.76. The average Bonchev–Trinajstić information content (AvgIpc) is 2.73.